The van der Waals surface area contributed by atoms with Crippen LogP contribution < -0.4 is 15.0 Å². The molecule has 1 aliphatic heterocycles. The van der Waals surface area contributed by atoms with Crippen LogP contribution in [0, 0.1) is 0 Å². The minimum absolute atomic E-state index is 0.0300. The molecule has 0 spiro atoms. The largest absolute Gasteiger partial charge is 0.493 e. The summed E-state index contributed by atoms with van der Waals surface area (Å²) in [7, 11) is 0. The third-order valence-corrected chi connectivity index (χ3v) is 4.96. The molecule has 0 unspecified atom stereocenters. The van der Waals surface area contributed by atoms with Crippen LogP contribution in [0.3, 0.4) is 0 Å². The lowest BCUT2D eigenvalue weighted by molar-refractivity contribution is -0.119. The monoisotopic (exact) mass is 396 g/mol. The minimum atomic E-state index is 0.0300. The number of hydrogen-bond acceptors (Lipinski definition) is 4. The van der Waals surface area contributed by atoms with Crippen LogP contribution in [-0.2, 0) is 16.0 Å². The number of hydrogen-bond donors (Lipinski definition) is 2. The van der Waals surface area contributed by atoms with Crippen molar-refractivity contribution in [1.82, 2.24) is 0 Å². The van der Waals surface area contributed by atoms with E-state index in [9.17, 15) is 9.59 Å². The van der Waals surface area contributed by atoms with Crippen molar-refractivity contribution in [1.29, 1.82) is 0 Å². The Balaban J connectivity index is 1.53. The Hall–Kier alpha value is -2.86. The molecule has 0 aromatic heterocycles. The number of anilines is 2. The fourth-order valence-electron chi connectivity index (χ4n) is 3.46. The molecule has 154 valence electrons. The van der Waals surface area contributed by atoms with Gasteiger partial charge >= 0.3 is 0 Å². The van der Waals surface area contributed by atoms with E-state index in [1.807, 2.05) is 48.5 Å². The van der Waals surface area contributed by atoms with Crippen LogP contribution in [0.25, 0.3) is 0 Å². The van der Waals surface area contributed by atoms with Crippen LogP contribution in [0.4, 0.5) is 11.4 Å². The molecular formula is C23H28N2O4. The van der Waals surface area contributed by atoms with Gasteiger partial charge in [0.2, 0.25) is 11.8 Å². The number of unbranched alkanes of at least 4 members (excludes halogenated alkanes) is 1. The van der Waals surface area contributed by atoms with E-state index >= 15 is 0 Å². The van der Waals surface area contributed by atoms with Crippen molar-refractivity contribution < 1.29 is 19.4 Å². The number of para-hydroxylation sites is 1. The second kappa shape index (κ2) is 10.6. The number of amides is 2. The SMILES string of the molecule is O=C1CCc2c(cccc2OCCCC(=O)N(CCCCO)c2ccccc2)N1. The van der Waals surface area contributed by atoms with Gasteiger partial charge in [-0.1, -0.05) is 24.3 Å². The van der Waals surface area contributed by atoms with E-state index in [1.54, 1.807) is 4.90 Å². The predicted molar refractivity (Wildman–Crippen MR) is 113 cm³/mol. The maximum atomic E-state index is 12.8. The van der Waals surface area contributed by atoms with E-state index in [0.29, 0.717) is 45.3 Å². The maximum Gasteiger partial charge on any atom is 0.227 e. The highest BCUT2D eigenvalue weighted by Crippen LogP contribution is 2.31. The van der Waals surface area contributed by atoms with Gasteiger partial charge in [-0.25, -0.2) is 0 Å². The number of nitrogens with zero attached hydrogens (tertiary/aromatic N) is 1. The third kappa shape index (κ3) is 5.81. The van der Waals surface area contributed by atoms with Crippen molar-refractivity contribution in [2.24, 2.45) is 0 Å². The molecule has 29 heavy (non-hydrogen) atoms. The first-order valence-corrected chi connectivity index (χ1v) is 10.2. The average Bonchev–Trinajstić information content (AvgIpc) is 2.74. The fourth-order valence-corrected chi connectivity index (χ4v) is 3.46. The third-order valence-electron chi connectivity index (χ3n) is 4.96. The van der Waals surface area contributed by atoms with Crippen molar-refractivity contribution >= 4 is 23.2 Å². The lowest BCUT2D eigenvalue weighted by Crippen LogP contribution is -2.32. The zero-order chi connectivity index (χ0) is 20.5. The number of carbonyl (C=O) groups is 2. The van der Waals surface area contributed by atoms with Gasteiger partial charge in [0.15, 0.2) is 0 Å². The standard InChI is InChI=1S/C23H28N2O4/c26-16-5-4-15-25(18-8-2-1-3-9-18)23(28)12-7-17-29-21-11-6-10-20-19(21)13-14-22(27)24-20/h1-3,6,8-11,26H,4-5,7,12-17H2,(H,24,27). The normalized spacial score (nSPS) is 12.8. The number of aliphatic hydroxyl groups is 1. The van der Waals surface area contributed by atoms with Crippen LogP contribution in [0.5, 0.6) is 5.75 Å². The zero-order valence-corrected chi connectivity index (χ0v) is 16.6. The highest BCUT2D eigenvalue weighted by molar-refractivity contribution is 5.94. The lowest BCUT2D eigenvalue weighted by Gasteiger charge is -2.23. The van der Waals surface area contributed by atoms with E-state index in [-0.39, 0.29) is 18.4 Å². The lowest BCUT2D eigenvalue weighted by atomic mass is 10.0. The van der Waals surface area contributed by atoms with E-state index in [0.717, 1.165) is 29.1 Å². The molecule has 6 nitrogen and oxygen atoms in total. The van der Waals surface area contributed by atoms with Gasteiger partial charge in [-0.15, -0.1) is 0 Å². The van der Waals surface area contributed by atoms with Crippen molar-refractivity contribution in [2.75, 3.05) is 30.0 Å². The molecule has 2 amide bonds. The molecule has 0 saturated heterocycles. The Morgan fingerprint density at radius 1 is 1.03 bits per heavy atom. The molecule has 0 aliphatic carbocycles. The summed E-state index contributed by atoms with van der Waals surface area (Å²) in [5.41, 5.74) is 2.71. The summed E-state index contributed by atoms with van der Waals surface area (Å²) in [4.78, 5) is 26.1. The topological polar surface area (TPSA) is 78.9 Å². The average molecular weight is 396 g/mol. The van der Waals surface area contributed by atoms with Crippen molar-refractivity contribution in [3.63, 3.8) is 0 Å². The van der Waals surface area contributed by atoms with Gasteiger partial charge in [0.05, 0.1) is 6.61 Å². The molecule has 2 aromatic rings. The van der Waals surface area contributed by atoms with Crippen LogP contribution in [-0.4, -0.2) is 36.7 Å². The molecular weight excluding hydrogens is 368 g/mol. The first-order valence-electron chi connectivity index (χ1n) is 10.2. The van der Waals surface area contributed by atoms with Gasteiger partial charge in [-0.05, 0) is 49.9 Å². The van der Waals surface area contributed by atoms with Crippen molar-refractivity contribution in [3.8, 4) is 5.75 Å². The number of carbonyl (C=O) groups excluding carboxylic acids is 2. The fraction of sp³-hybridized carbons (Fsp3) is 0.391. The summed E-state index contributed by atoms with van der Waals surface area (Å²) in [6.45, 7) is 1.16. The van der Waals surface area contributed by atoms with Gasteiger partial charge in [-0.3, -0.25) is 9.59 Å². The molecule has 0 radical (unpaired) electrons. The first-order chi connectivity index (χ1) is 14.2. The highest BCUT2D eigenvalue weighted by Gasteiger charge is 2.19. The first kappa shape index (κ1) is 20.9. The van der Waals surface area contributed by atoms with E-state index in [2.05, 4.69) is 5.32 Å². The zero-order valence-electron chi connectivity index (χ0n) is 16.6. The smallest absolute Gasteiger partial charge is 0.227 e. The second-order valence-electron chi connectivity index (χ2n) is 7.09. The molecule has 1 aliphatic rings. The molecule has 1 heterocycles. The molecule has 0 atom stereocenters. The number of benzene rings is 2. The summed E-state index contributed by atoms with van der Waals surface area (Å²) < 4.78 is 5.92. The number of aliphatic hydroxyl groups excluding tert-OH is 1. The summed E-state index contributed by atoms with van der Waals surface area (Å²) in [6.07, 6.45) is 3.57. The molecule has 6 heteroatoms. The number of nitrogens with one attached hydrogen (secondary N) is 1. The van der Waals surface area contributed by atoms with E-state index in [4.69, 9.17) is 9.84 Å². The van der Waals surface area contributed by atoms with Gasteiger partial charge in [-0.2, -0.15) is 0 Å². The molecule has 0 fully saturated rings. The minimum Gasteiger partial charge on any atom is -0.493 e. The Kier molecular flexibility index (Phi) is 7.64. The summed E-state index contributed by atoms with van der Waals surface area (Å²) in [5.74, 6) is 0.861. The van der Waals surface area contributed by atoms with Gasteiger partial charge < -0.3 is 20.1 Å². The molecule has 0 bridgehead atoms. The van der Waals surface area contributed by atoms with Crippen LogP contribution in [0.1, 0.15) is 37.7 Å². The number of fused-ring (bicyclic) bond motifs is 1. The van der Waals surface area contributed by atoms with Gasteiger partial charge in [0.1, 0.15) is 5.75 Å². The number of rotatable bonds is 10. The Morgan fingerprint density at radius 2 is 1.86 bits per heavy atom. The van der Waals surface area contributed by atoms with Gasteiger partial charge in [0, 0.05) is 42.9 Å². The Morgan fingerprint density at radius 3 is 2.66 bits per heavy atom. The summed E-state index contributed by atoms with van der Waals surface area (Å²) >= 11 is 0. The second-order valence-corrected chi connectivity index (χ2v) is 7.09. The highest BCUT2D eigenvalue weighted by atomic mass is 16.5. The van der Waals surface area contributed by atoms with Crippen molar-refractivity contribution in [2.45, 2.75) is 38.5 Å². The van der Waals surface area contributed by atoms with E-state index < -0.39 is 0 Å². The molecule has 2 aromatic carbocycles. The van der Waals surface area contributed by atoms with Gasteiger partial charge in [0.25, 0.3) is 0 Å². The predicted octanol–water partition coefficient (Wildman–Crippen LogP) is 3.54. The van der Waals surface area contributed by atoms with Crippen LogP contribution in [0.2, 0.25) is 0 Å². The molecule has 3 rings (SSSR count). The Bertz CT molecular complexity index is 823. The van der Waals surface area contributed by atoms with Crippen molar-refractivity contribution in [3.05, 3.63) is 54.1 Å². The molecule has 0 saturated carbocycles. The Labute approximate surface area is 171 Å². The summed E-state index contributed by atoms with van der Waals surface area (Å²) in [6, 6.07) is 15.3. The summed E-state index contributed by atoms with van der Waals surface area (Å²) in [5, 5.41) is 11.9. The molecule has 2 N–H and O–H groups in total. The van der Waals surface area contributed by atoms with E-state index in [1.165, 1.54) is 0 Å². The maximum absolute atomic E-state index is 12.8. The quantitative estimate of drug-likeness (QED) is 0.602. The van der Waals surface area contributed by atoms with Crippen LogP contribution >= 0.6 is 0 Å². The number of ether oxygens (including phenoxy) is 1. The van der Waals surface area contributed by atoms with Crippen LogP contribution in [0.15, 0.2) is 48.5 Å².